The van der Waals surface area contributed by atoms with Crippen molar-refractivity contribution < 1.29 is 23.9 Å². The van der Waals surface area contributed by atoms with Gasteiger partial charge in [0.25, 0.3) is 5.91 Å². The third-order valence-corrected chi connectivity index (χ3v) is 6.06. The van der Waals surface area contributed by atoms with Crippen molar-refractivity contribution in [2.24, 2.45) is 0 Å². The highest BCUT2D eigenvalue weighted by Crippen LogP contribution is 2.47. The summed E-state index contributed by atoms with van der Waals surface area (Å²) in [6.07, 6.45) is 1.15. The highest BCUT2D eigenvalue weighted by molar-refractivity contribution is 8.01. The number of ether oxygens (including phenoxy) is 1. The molecule has 0 unspecified atom stereocenters. The number of hydrogen-bond acceptors (Lipinski definition) is 6. The summed E-state index contributed by atoms with van der Waals surface area (Å²) in [6.45, 7) is 2.94. The number of esters is 1. The highest BCUT2D eigenvalue weighted by Gasteiger charge is 2.53. The summed E-state index contributed by atoms with van der Waals surface area (Å²) in [5.41, 5.74) is 1.13. The summed E-state index contributed by atoms with van der Waals surface area (Å²) in [6, 6.07) is 5.93. The maximum Gasteiger partial charge on any atom is 0.330 e. The number of carbonyl (C=O) groups excluding carboxylic acids is 4. The summed E-state index contributed by atoms with van der Waals surface area (Å²) in [5, 5.41) is 5.24. The van der Waals surface area contributed by atoms with Crippen LogP contribution >= 0.6 is 11.8 Å². The Bertz CT molecular complexity index is 782. The lowest BCUT2D eigenvalue weighted by atomic mass is 10.2. The van der Waals surface area contributed by atoms with E-state index in [0.717, 1.165) is 6.42 Å². The summed E-state index contributed by atoms with van der Waals surface area (Å²) >= 11 is 1.57. The summed E-state index contributed by atoms with van der Waals surface area (Å²) in [7, 11) is 0. The molecule has 2 heterocycles. The predicted molar refractivity (Wildman–Crippen MR) is 101 cm³/mol. The zero-order valence-electron chi connectivity index (χ0n) is 15.1. The standard InChI is InChI=1S/C18H21N3O5S/c1-11(22)19-12-3-5-13(6-4-12)20-15(23)9-26-17(25)14-10-27-18(2)8-7-16(24)21(14)18/h3-6,14H,7-10H2,1-2H3,(H,19,22)(H,20,23)/t14-,18+/m0/s1. The first-order chi connectivity index (χ1) is 12.8. The van der Waals surface area contributed by atoms with Crippen molar-refractivity contribution in [2.45, 2.75) is 37.6 Å². The van der Waals surface area contributed by atoms with Gasteiger partial charge in [-0.25, -0.2) is 4.79 Å². The van der Waals surface area contributed by atoms with Crippen LogP contribution in [0.4, 0.5) is 11.4 Å². The second kappa shape index (κ2) is 7.59. The minimum absolute atomic E-state index is 0.0480. The van der Waals surface area contributed by atoms with E-state index in [2.05, 4.69) is 10.6 Å². The van der Waals surface area contributed by atoms with Crippen LogP contribution < -0.4 is 10.6 Å². The fourth-order valence-corrected chi connectivity index (χ4v) is 4.68. The quantitative estimate of drug-likeness (QED) is 0.739. The fraction of sp³-hybridized carbons (Fsp3) is 0.444. The van der Waals surface area contributed by atoms with E-state index in [1.54, 1.807) is 40.9 Å². The maximum atomic E-state index is 12.3. The Kier molecular flexibility index (Phi) is 5.41. The number of nitrogens with zero attached hydrogens (tertiary/aromatic N) is 1. The van der Waals surface area contributed by atoms with Crippen LogP contribution in [-0.4, -0.2) is 51.9 Å². The van der Waals surface area contributed by atoms with E-state index in [9.17, 15) is 19.2 Å². The van der Waals surface area contributed by atoms with E-state index >= 15 is 0 Å². The van der Waals surface area contributed by atoms with Crippen molar-refractivity contribution in [3.05, 3.63) is 24.3 Å². The van der Waals surface area contributed by atoms with Crippen LogP contribution in [0.25, 0.3) is 0 Å². The van der Waals surface area contributed by atoms with Gasteiger partial charge in [0, 0.05) is 30.5 Å². The van der Waals surface area contributed by atoms with Gasteiger partial charge in [-0.3, -0.25) is 14.4 Å². The monoisotopic (exact) mass is 391 g/mol. The van der Waals surface area contributed by atoms with Gasteiger partial charge in [-0.1, -0.05) is 0 Å². The van der Waals surface area contributed by atoms with E-state index in [1.807, 2.05) is 6.92 Å². The molecule has 144 valence electrons. The molecule has 0 aromatic heterocycles. The number of anilines is 2. The number of thioether (sulfide) groups is 1. The Morgan fingerprint density at radius 3 is 2.48 bits per heavy atom. The molecule has 3 rings (SSSR count). The van der Waals surface area contributed by atoms with Crippen LogP contribution in [0.2, 0.25) is 0 Å². The average molecular weight is 391 g/mol. The van der Waals surface area contributed by atoms with Gasteiger partial charge in [-0.2, -0.15) is 0 Å². The number of rotatable bonds is 5. The Balaban J connectivity index is 1.50. The molecule has 0 radical (unpaired) electrons. The van der Waals surface area contributed by atoms with Crippen LogP contribution in [0, 0.1) is 0 Å². The molecule has 2 N–H and O–H groups in total. The molecule has 2 fully saturated rings. The zero-order valence-corrected chi connectivity index (χ0v) is 15.9. The third-order valence-electron chi connectivity index (χ3n) is 4.55. The number of nitrogens with one attached hydrogen (secondary N) is 2. The number of amides is 3. The number of hydrogen-bond donors (Lipinski definition) is 2. The van der Waals surface area contributed by atoms with Crippen molar-refractivity contribution >= 4 is 46.8 Å². The Hall–Kier alpha value is -2.55. The summed E-state index contributed by atoms with van der Waals surface area (Å²) in [5.74, 6) is -0.785. The first kappa shape index (κ1) is 19.2. The van der Waals surface area contributed by atoms with E-state index in [4.69, 9.17) is 4.74 Å². The van der Waals surface area contributed by atoms with E-state index < -0.39 is 24.5 Å². The van der Waals surface area contributed by atoms with Crippen LogP contribution in [0.15, 0.2) is 24.3 Å². The van der Waals surface area contributed by atoms with Gasteiger partial charge < -0.3 is 20.3 Å². The van der Waals surface area contributed by atoms with Crippen molar-refractivity contribution in [3.63, 3.8) is 0 Å². The molecule has 0 aliphatic carbocycles. The van der Waals surface area contributed by atoms with Gasteiger partial charge in [0.15, 0.2) is 6.61 Å². The van der Waals surface area contributed by atoms with Crippen LogP contribution in [-0.2, 0) is 23.9 Å². The normalized spacial score (nSPS) is 23.7. The smallest absolute Gasteiger partial charge is 0.330 e. The van der Waals surface area contributed by atoms with Gasteiger partial charge >= 0.3 is 5.97 Å². The fourth-order valence-electron chi connectivity index (χ4n) is 3.27. The molecule has 9 heteroatoms. The third kappa shape index (κ3) is 4.24. The topological polar surface area (TPSA) is 105 Å². The lowest BCUT2D eigenvalue weighted by Crippen LogP contribution is -2.47. The molecule has 2 atom stereocenters. The molecule has 0 bridgehead atoms. The maximum absolute atomic E-state index is 12.3. The second-order valence-electron chi connectivity index (χ2n) is 6.68. The van der Waals surface area contributed by atoms with E-state index in [-0.39, 0.29) is 16.7 Å². The van der Waals surface area contributed by atoms with Crippen molar-refractivity contribution in [1.29, 1.82) is 0 Å². The number of benzene rings is 1. The Labute approximate surface area is 161 Å². The summed E-state index contributed by atoms with van der Waals surface area (Å²) in [4.78, 5) is 48.6. The molecule has 8 nitrogen and oxygen atoms in total. The minimum atomic E-state index is -0.639. The van der Waals surface area contributed by atoms with Gasteiger partial charge in [-0.15, -0.1) is 11.8 Å². The molecule has 3 amide bonds. The Morgan fingerprint density at radius 2 is 1.85 bits per heavy atom. The minimum Gasteiger partial charge on any atom is -0.454 e. The van der Waals surface area contributed by atoms with Gasteiger partial charge in [0.2, 0.25) is 11.8 Å². The largest absolute Gasteiger partial charge is 0.454 e. The first-order valence-electron chi connectivity index (χ1n) is 8.59. The molecule has 2 aliphatic rings. The van der Waals surface area contributed by atoms with Crippen molar-refractivity contribution in [3.8, 4) is 0 Å². The van der Waals surface area contributed by atoms with Crippen LogP contribution in [0.3, 0.4) is 0 Å². The van der Waals surface area contributed by atoms with Crippen molar-refractivity contribution in [1.82, 2.24) is 4.90 Å². The zero-order chi connectivity index (χ0) is 19.6. The first-order valence-corrected chi connectivity index (χ1v) is 9.57. The van der Waals surface area contributed by atoms with Crippen LogP contribution in [0.5, 0.6) is 0 Å². The lowest BCUT2D eigenvalue weighted by molar-refractivity contribution is -0.155. The Morgan fingerprint density at radius 1 is 1.22 bits per heavy atom. The van der Waals surface area contributed by atoms with E-state index in [0.29, 0.717) is 23.5 Å². The molecule has 0 spiro atoms. The van der Waals surface area contributed by atoms with E-state index in [1.165, 1.54) is 6.92 Å². The van der Waals surface area contributed by atoms with Gasteiger partial charge in [0.05, 0.1) is 4.87 Å². The van der Waals surface area contributed by atoms with Gasteiger partial charge in [-0.05, 0) is 37.6 Å². The summed E-state index contributed by atoms with van der Waals surface area (Å²) < 4.78 is 5.12. The van der Waals surface area contributed by atoms with Crippen molar-refractivity contribution in [2.75, 3.05) is 23.0 Å². The predicted octanol–water partition coefficient (Wildman–Crippen LogP) is 1.58. The molecular weight excluding hydrogens is 370 g/mol. The molecule has 27 heavy (non-hydrogen) atoms. The number of carbonyl (C=O) groups is 4. The van der Waals surface area contributed by atoms with Crippen LogP contribution in [0.1, 0.15) is 26.7 Å². The number of fused-ring (bicyclic) bond motifs is 1. The molecule has 1 aromatic carbocycles. The van der Waals surface area contributed by atoms with Gasteiger partial charge in [0.1, 0.15) is 6.04 Å². The second-order valence-corrected chi connectivity index (χ2v) is 8.18. The molecule has 0 saturated carbocycles. The molecular formula is C18H21N3O5S. The average Bonchev–Trinajstić information content (AvgIpc) is 3.10. The molecule has 2 saturated heterocycles. The molecule has 1 aromatic rings. The lowest BCUT2D eigenvalue weighted by Gasteiger charge is -2.29. The molecule has 2 aliphatic heterocycles. The highest BCUT2D eigenvalue weighted by atomic mass is 32.2. The SMILES string of the molecule is CC(=O)Nc1ccc(NC(=O)COC(=O)[C@@H]2CS[C@]3(C)CCC(=O)N23)cc1.